The third-order valence-corrected chi connectivity index (χ3v) is 6.38. The second kappa shape index (κ2) is 10.9. The topological polar surface area (TPSA) is 65.1 Å². The summed E-state index contributed by atoms with van der Waals surface area (Å²) in [7, 11) is 0. The minimum absolute atomic E-state index is 0.0575. The van der Waals surface area contributed by atoms with Gasteiger partial charge in [0.15, 0.2) is 12.1 Å². The average Bonchev–Trinajstić information content (AvgIpc) is 3.01. The number of rotatable bonds is 9. The average molecular weight is 452 g/mol. The van der Waals surface area contributed by atoms with Crippen LogP contribution in [-0.2, 0) is 27.4 Å². The molecule has 1 aliphatic carbocycles. The molecule has 1 aliphatic heterocycles. The Bertz CT molecular complexity index is 965. The zero-order valence-electron chi connectivity index (χ0n) is 19.5. The highest BCUT2D eigenvalue weighted by Gasteiger charge is 2.37. The first-order valence-electron chi connectivity index (χ1n) is 12.0. The first-order chi connectivity index (χ1) is 16.1. The number of amides is 1. The standard InChI is InChI=1S/C27H33NO5/c1-3-31-27(32-4-2)20-15-13-19(14-16-20)18-33-25-12-8-9-21-22(25)17-28(26(21)30)23-10-6-5-7-11-24(23)29/h8-9,12-16,23,27H,3-7,10-11,17-18H2,1-2H3/t23-/m0/s1. The van der Waals surface area contributed by atoms with Gasteiger partial charge in [0, 0.05) is 36.3 Å². The molecule has 0 bridgehead atoms. The molecule has 4 rings (SSSR count). The number of nitrogens with zero attached hydrogens (tertiary/aromatic N) is 1. The van der Waals surface area contributed by atoms with Crippen LogP contribution in [0.4, 0.5) is 0 Å². The predicted molar refractivity (Wildman–Crippen MR) is 125 cm³/mol. The van der Waals surface area contributed by atoms with Gasteiger partial charge in [-0.25, -0.2) is 0 Å². The first kappa shape index (κ1) is 23.5. The van der Waals surface area contributed by atoms with Gasteiger partial charge in [-0.05, 0) is 44.4 Å². The van der Waals surface area contributed by atoms with E-state index < -0.39 is 0 Å². The number of hydrogen-bond acceptors (Lipinski definition) is 5. The summed E-state index contributed by atoms with van der Waals surface area (Å²) in [5.41, 5.74) is 3.51. The van der Waals surface area contributed by atoms with Gasteiger partial charge in [-0.1, -0.05) is 43.2 Å². The summed E-state index contributed by atoms with van der Waals surface area (Å²) in [6.45, 7) is 5.88. The van der Waals surface area contributed by atoms with E-state index in [1.54, 1.807) is 4.90 Å². The highest BCUT2D eigenvalue weighted by atomic mass is 16.7. The lowest BCUT2D eigenvalue weighted by Gasteiger charge is -2.25. The van der Waals surface area contributed by atoms with E-state index in [1.807, 2.05) is 56.3 Å². The molecule has 0 unspecified atom stereocenters. The number of fused-ring (bicyclic) bond motifs is 1. The lowest BCUT2D eigenvalue weighted by atomic mass is 10.1. The molecule has 1 atom stereocenters. The molecule has 0 radical (unpaired) electrons. The molecule has 1 fully saturated rings. The number of benzene rings is 2. The van der Waals surface area contributed by atoms with Crippen LogP contribution < -0.4 is 4.74 Å². The van der Waals surface area contributed by atoms with Crippen LogP contribution in [0.5, 0.6) is 5.75 Å². The van der Waals surface area contributed by atoms with Crippen LogP contribution in [0.1, 0.15) is 79.3 Å². The maximum absolute atomic E-state index is 13.1. The van der Waals surface area contributed by atoms with Gasteiger partial charge in [-0.15, -0.1) is 0 Å². The van der Waals surface area contributed by atoms with Gasteiger partial charge in [-0.2, -0.15) is 0 Å². The summed E-state index contributed by atoms with van der Waals surface area (Å²) in [5, 5.41) is 0. The smallest absolute Gasteiger partial charge is 0.255 e. The Balaban J connectivity index is 1.44. The molecule has 6 heteroatoms. The lowest BCUT2D eigenvalue weighted by molar-refractivity contribution is -0.140. The van der Waals surface area contributed by atoms with Crippen LogP contribution in [0.2, 0.25) is 0 Å². The zero-order valence-corrected chi connectivity index (χ0v) is 19.5. The molecule has 176 valence electrons. The second-order valence-corrected chi connectivity index (χ2v) is 8.57. The number of ketones is 1. The molecule has 0 N–H and O–H groups in total. The fourth-order valence-electron chi connectivity index (χ4n) is 4.66. The Labute approximate surface area is 195 Å². The van der Waals surface area contributed by atoms with Gasteiger partial charge >= 0.3 is 0 Å². The molecule has 2 aliphatic rings. The predicted octanol–water partition coefficient (Wildman–Crippen LogP) is 5.19. The SMILES string of the molecule is CCOC(OCC)c1ccc(COc2cccc3c2CN([C@H]2CCCCCC2=O)C3=O)cc1. The number of Topliss-reactive ketones (excluding diaryl/α,β-unsaturated/α-hetero) is 1. The molecule has 1 saturated carbocycles. The Morgan fingerprint density at radius 1 is 0.970 bits per heavy atom. The van der Waals surface area contributed by atoms with E-state index in [0.29, 0.717) is 44.1 Å². The minimum Gasteiger partial charge on any atom is -0.489 e. The normalized spacial score (nSPS) is 18.5. The van der Waals surface area contributed by atoms with E-state index in [-0.39, 0.29) is 24.0 Å². The van der Waals surface area contributed by atoms with Crippen LogP contribution in [0, 0.1) is 0 Å². The van der Waals surface area contributed by atoms with E-state index >= 15 is 0 Å². The highest BCUT2D eigenvalue weighted by molar-refractivity contribution is 6.02. The summed E-state index contributed by atoms with van der Waals surface area (Å²) in [6.07, 6.45) is 3.93. The molecular weight excluding hydrogens is 418 g/mol. The van der Waals surface area contributed by atoms with Crippen molar-refractivity contribution in [2.75, 3.05) is 13.2 Å². The van der Waals surface area contributed by atoms with E-state index in [9.17, 15) is 9.59 Å². The minimum atomic E-state index is -0.365. The summed E-state index contributed by atoms with van der Waals surface area (Å²) < 4.78 is 17.5. The Morgan fingerprint density at radius 2 is 1.73 bits per heavy atom. The van der Waals surface area contributed by atoms with Crippen LogP contribution in [-0.4, -0.2) is 35.8 Å². The summed E-state index contributed by atoms with van der Waals surface area (Å²) in [6, 6.07) is 13.3. The van der Waals surface area contributed by atoms with Gasteiger partial charge in [0.2, 0.25) is 0 Å². The molecule has 2 aromatic rings. The number of carbonyl (C=O) groups excluding carboxylic acids is 2. The van der Waals surface area contributed by atoms with E-state index in [0.717, 1.165) is 42.4 Å². The summed E-state index contributed by atoms with van der Waals surface area (Å²) >= 11 is 0. The van der Waals surface area contributed by atoms with Crippen molar-refractivity contribution in [3.63, 3.8) is 0 Å². The van der Waals surface area contributed by atoms with Crippen molar-refractivity contribution in [3.05, 3.63) is 64.7 Å². The van der Waals surface area contributed by atoms with Crippen molar-refractivity contribution in [3.8, 4) is 5.75 Å². The third-order valence-electron chi connectivity index (χ3n) is 6.38. The molecule has 2 aromatic carbocycles. The third kappa shape index (κ3) is 5.28. The molecule has 33 heavy (non-hydrogen) atoms. The Morgan fingerprint density at radius 3 is 2.45 bits per heavy atom. The highest BCUT2D eigenvalue weighted by Crippen LogP contribution is 2.34. The van der Waals surface area contributed by atoms with Gasteiger partial charge in [0.05, 0.1) is 12.6 Å². The van der Waals surface area contributed by atoms with Crippen molar-refractivity contribution < 1.29 is 23.8 Å². The first-order valence-corrected chi connectivity index (χ1v) is 12.0. The monoisotopic (exact) mass is 451 g/mol. The molecule has 0 aromatic heterocycles. The second-order valence-electron chi connectivity index (χ2n) is 8.57. The number of carbonyl (C=O) groups is 2. The molecule has 1 heterocycles. The van der Waals surface area contributed by atoms with Crippen molar-refractivity contribution in [2.24, 2.45) is 0 Å². The fourth-order valence-corrected chi connectivity index (χ4v) is 4.66. The maximum Gasteiger partial charge on any atom is 0.255 e. The van der Waals surface area contributed by atoms with Gasteiger partial charge in [0.25, 0.3) is 5.91 Å². The largest absolute Gasteiger partial charge is 0.489 e. The lowest BCUT2D eigenvalue weighted by Crippen LogP contribution is -2.40. The molecule has 0 saturated heterocycles. The van der Waals surface area contributed by atoms with E-state index in [4.69, 9.17) is 14.2 Å². The van der Waals surface area contributed by atoms with E-state index in [1.165, 1.54) is 0 Å². The molecular formula is C27H33NO5. The van der Waals surface area contributed by atoms with Gasteiger partial charge < -0.3 is 19.1 Å². The summed E-state index contributed by atoms with van der Waals surface area (Å²) in [4.78, 5) is 27.4. The van der Waals surface area contributed by atoms with Crippen molar-refractivity contribution >= 4 is 11.7 Å². The van der Waals surface area contributed by atoms with Crippen molar-refractivity contribution in [1.82, 2.24) is 4.90 Å². The number of ether oxygens (including phenoxy) is 3. The van der Waals surface area contributed by atoms with Crippen LogP contribution in [0.15, 0.2) is 42.5 Å². The summed E-state index contributed by atoms with van der Waals surface area (Å²) in [5.74, 6) is 0.835. The maximum atomic E-state index is 13.1. The number of hydrogen-bond donors (Lipinski definition) is 0. The molecule has 0 spiro atoms. The van der Waals surface area contributed by atoms with E-state index in [2.05, 4.69) is 0 Å². The fraction of sp³-hybridized carbons (Fsp3) is 0.481. The zero-order chi connectivity index (χ0) is 23.2. The molecule has 1 amide bonds. The van der Waals surface area contributed by atoms with Gasteiger partial charge in [-0.3, -0.25) is 9.59 Å². The van der Waals surface area contributed by atoms with Crippen LogP contribution in [0.25, 0.3) is 0 Å². The van der Waals surface area contributed by atoms with Crippen molar-refractivity contribution in [2.45, 2.75) is 71.4 Å². The van der Waals surface area contributed by atoms with Gasteiger partial charge in [0.1, 0.15) is 12.4 Å². The van der Waals surface area contributed by atoms with Crippen LogP contribution >= 0.6 is 0 Å². The molecule has 6 nitrogen and oxygen atoms in total. The van der Waals surface area contributed by atoms with Crippen molar-refractivity contribution in [1.29, 1.82) is 0 Å². The Kier molecular flexibility index (Phi) is 7.78. The Hall–Kier alpha value is -2.70. The van der Waals surface area contributed by atoms with Crippen LogP contribution in [0.3, 0.4) is 0 Å². The quantitative estimate of drug-likeness (QED) is 0.388.